The summed E-state index contributed by atoms with van der Waals surface area (Å²) in [6.07, 6.45) is 1.33. The van der Waals surface area contributed by atoms with Gasteiger partial charge in [0.25, 0.3) is 0 Å². The van der Waals surface area contributed by atoms with Gasteiger partial charge < -0.3 is 14.8 Å². The second kappa shape index (κ2) is 5.57. The first kappa shape index (κ1) is 14.8. The Morgan fingerprint density at radius 1 is 1.50 bits per heavy atom. The smallest absolute Gasteiger partial charge is 0.311 e. The van der Waals surface area contributed by atoms with Crippen LogP contribution in [0.25, 0.3) is 11.5 Å². The number of carboxylic acids is 1. The van der Waals surface area contributed by atoms with Crippen molar-refractivity contribution in [3.63, 3.8) is 0 Å². The number of carboxylic acid groups (broad SMARTS) is 1. The maximum absolute atomic E-state index is 12.0. The molecule has 2 N–H and O–H groups in total. The van der Waals surface area contributed by atoms with Gasteiger partial charge in [0.1, 0.15) is 5.76 Å². The van der Waals surface area contributed by atoms with Gasteiger partial charge in [-0.1, -0.05) is 0 Å². The molecule has 0 aromatic carbocycles. The summed E-state index contributed by atoms with van der Waals surface area (Å²) in [6.45, 7) is 1.95. The Morgan fingerprint density at radius 2 is 2.27 bits per heavy atom. The van der Waals surface area contributed by atoms with Crippen molar-refractivity contribution in [2.75, 3.05) is 6.54 Å². The molecule has 0 bridgehead atoms. The molecule has 6 nitrogen and oxygen atoms in total. The minimum Gasteiger partial charge on any atom is -0.481 e. The van der Waals surface area contributed by atoms with E-state index in [-0.39, 0.29) is 18.9 Å². The largest absolute Gasteiger partial charge is 0.481 e. The Balaban J connectivity index is 1.61. The van der Waals surface area contributed by atoms with Gasteiger partial charge in [-0.25, -0.2) is 4.98 Å². The van der Waals surface area contributed by atoms with Gasteiger partial charge in [-0.15, -0.1) is 0 Å². The zero-order valence-corrected chi connectivity index (χ0v) is 12.9. The zero-order chi connectivity index (χ0) is 15.7. The van der Waals surface area contributed by atoms with Gasteiger partial charge in [-0.3, -0.25) is 9.59 Å². The summed E-state index contributed by atoms with van der Waals surface area (Å²) in [5.41, 5.74) is 0.720. The van der Waals surface area contributed by atoms with Crippen LogP contribution in [-0.2, 0) is 16.0 Å². The predicted octanol–water partition coefficient (Wildman–Crippen LogP) is 2.24. The number of thiophene rings is 1. The lowest BCUT2D eigenvalue weighted by molar-refractivity contribution is -0.143. The number of carbonyl (C=O) groups excluding carboxylic acids is 1. The highest BCUT2D eigenvalue weighted by Gasteiger charge is 2.50. The van der Waals surface area contributed by atoms with Crippen LogP contribution in [0.4, 0.5) is 0 Å². The summed E-state index contributed by atoms with van der Waals surface area (Å²) < 4.78 is 5.58. The Labute approximate surface area is 131 Å². The first-order valence-electron chi connectivity index (χ1n) is 6.99. The van der Waals surface area contributed by atoms with Gasteiger partial charge in [-0.2, -0.15) is 11.3 Å². The van der Waals surface area contributed by atoms with Crippen LogP contribution in [0.2, 0.25) is 0 Å². The van der Waals surface area contributed by atoms with Crippen LogP contribution in [-0.4, -0.2) is 28.5 Å². The standard InChI is InChI=1S/C15H16N2O4S/c1-9-11(17-13(21-9)10-2-5-22-7-10)6-12(18)16-8-15(3-4-15)14(19)20/h2,5,7H,3-4,6,8H2,1H3,(H,16,18)(H,19,20). The topological polar surface area (TPSA) is 92.4 Å². The number of rotatable bonds is 6. The monoisotopic (exact) mass is 320 g/mol. The number of carbonyl (C=O) groups is 2. The summed E-state index contributed by atoms with van der Waals surface area (Å²) in [5, 5.41) is 15.6. The molecular weight excluding hydrogens is 304 g/mol. The lowest BCUT2D eigenvalue weighted by Gasteiger charge is -2.10. The maximum Gasteiger partial charge on any atom is 0.311 e. The minimum atomic E-state index is -0.842. The van der Waals surface area contributed by atoms with Gasteiger partial charge in [0.2, 0.25) is 11.8 Å². The fraction of sp³-hybridized carbons (Fsp3) is 0.400. The van der Waals surface area contributed by atoms with Gasteiger partial charge in [0.05, 0.1) is 17.5 Å². The number of aryl methyl sites for hydroxylation is 1. The van der Waals surface area contributed by atoms with E-state index in [2.05, 4.69) is 10.3 Å². The fourth-order valence-corrected chi connectivity index (χ4v) is 2.83. The van der Waals surface area contributed by atoms with E-state index in [1.54, 1.807) is 18.3 Å². The first-order valence-corrected chi connectivity index (χ1v) is 7.93. The molecule has 0 aliphatic heterocycles. The summed E-state index contributed by atoms with van der Waals surface area (Å²) in [7, 11) is 0. The van der Waals surface area contributed by atoms with Crippen molar-refractivity contribution >= 4 is 23.2 Å². The quantitative estimate of drug-likeness (QED) is 0.851. The number of aromatic nitrogens is 1. The molecule has 0 unspecified atom stereocenters. The van der Waals surface area contributed by atoms with Crippen molar-refractivity contribution < 1.29 is 19.1 Å². The van der Waals surface area contributed by atoms with E-state index in [9.17, 15) is 9.59 Å². The normalized spacial score (nSPS) is 15.5. The molecule has 1 amide bonds. The van der Waals surface area contributed by atoms with Crippen LogP contribution < -0.4 is 5.32 Å². The zero-order valence-electron chi connectivity index (χ0n) is 12.1. The van der Waals surface area contributed by atoms with Crippen molar-refractivity contribution in [3.8, 4) is 11.5 Å². The lowest BCUT2D eigenvalue weighted by Crippen LogP contribution is -2.35. The van der Waals surface area contributed by atoms with E-state index in [0.29, 0.717) is 30.2 Å². The summed E-state index contributed by atoms with van der Waals surface area (Å²) in [6, 6.07) is 1.91. The molecular formula is C15H16N2O4S. The number of aliphatic carboxylic acids is 1. The summed E-state index contributed by atoms with van der Waals surface area (Å²) in [5.74, 6) is 0.0347. The molecule has 2 aromatic rings. The number of nitrogens with zero attached hydrogens (tertiary/aromatic N) is 1. The average molecular weight is 320 g/mol. The highest BCUT2D eigenvalue weighted by molar-refractivity contribution is 7.08. The molecule has 0 spiro atoms. The van der Waals surface area contributed by atoms with Crippen LogP contribution >= 0.6 is 11.3 Å². The predicted molar refractivity (Wildman–Crippen MR) is 80.6 cm³/mol. The third-order valence-corrected chi connectivity index (χ3v) is 4.60. The second-order valence-electron chi connectivity index (χ2n) is 5.57. The molecule has 0 saturated heterocycles. The molecule has 0 atom stereocenters. The lowest BCUT2D eigenvalue weighted by atomic mass is 10.1. The van der Waals surface area contributed by atoms with Gasteiger partial charge in [0.15, 0.2) is 0 Å². The van der Waals surface area contributed by atoms with Crippen molar-refractivity contribution in [1.29, 1.82) is 0 Å². The van der Waals surface area contributed by atoms with Gasteiger partial charge in [0, 0.05) is 17.5 Å². The Hall–Kier alpha value is -2.15. The van der Waals surface area contributed by atoms with E-state index in [1.807, 2.05) is 16.8 Å². The van der Waals surface area contributed by atoms with E-state index >= 15 is 0 Å². The Morgan fingerprint density at radius 3 is 2.86 bits per heavy atom. The van der Waals surface area contributed by atoms with Crippen LogP contribution in [0, 0.1) is 12.3 Å². The van der Waals surface area contributed by atoms with E-state index in [0.717, 1.165) is 5.56 Å². The fourth-order valence-electron chi connectivity index (χ4n) is 2.20. The van der Waals surface area contributed by atoms with Crippen molar-refractivity contribution in [1.82, 2.24) is 10.3 Å². The number of oxazole rings is 1. The van der Waals surface area contributed by atoms with Crippen molar-refractivity contribution in [3.05, 3.63) is 28.3 Å². The van der Waals surface area contributed by atoms with Crippen molar-refractivity contribution in [2.45, 2.75) is 26.2 Å². The molecule has 2 heterocycles. The Bertz CT molecular complexity index is 701. The number of amides is 1. The van der Waals surface area contributed by atoms with Crippen molar-refractivity contribution in [2.24, 2.45) is 5.41 Å². The average Bonchev–Trinajstić information content (AvgIpc) is 2.91. The Kier molecular flexibility index (Phi) is 3.74. The first-order chi connectivity index (χ1) is 10.5. The SMILES string of the molecule is Cc1oc(-c2ccsc2)nc1CC(=O)NCC1(C(=O)O)CC1. The van der Waals surface area contributed by atoms with E-state index in [4.69, 9.17) is 9.52 Å². The molecule has 1 aliphatic carbocycles. The number of nitrogens with one attached hydrogen (secondary N) is 1. The minimum absolute atomic E-state index is 0.0924. The molecule has 116 valence electrons. The summed E-state index contributed by atoms with van der Waals surface area (Å²) in [4.78, 5) is 27.4. The van der Waals surface area contributed by atoms with E-state index in [1.165, 1.54) is 0 Å². The number of hydrogen-bond donors (Lipinski definition) is 2. The highest BCUT2D eigenvalue weighted by atomic mass is 32.1. The number of hydrogen-bond acceptors (Lipinski definition) is 5. The molecule has 22 heavy (non-hydrogen) atoms. The van der Waals surface area contributed by atoms with Crippen LogP contribution in [0.15, 0.2) is 21.2 Å². The van der Waals surface area contributed by atoms with E-state index < -0.39 is 11.4 Å². The molecule has 1 saturated carbocycles. The molecule has 0 radical (unpaired) electrons. The summed E-state index contributed by atoms with van der Waals surface area (Å²) >= 11 is 1.55. The van der Waals surface area contributed by atoms with Gasteiger partial charge in [-0.05, 0) is 31.2 Å². The van der Waals surface area contributed by atoms with Crippen LogP contribution in [0.3, 0.4) is 0 Å². The highest BCUT2D eigenvalue weighted by Crippen LogP contribution is 2.45. The van der Waals surface area contributed by atoms with Crippen LogP contribution in [0.5, 0.6) is 0 Å². The second-order valence-corrected chi connectivity index (χ2v) is 6.35. The molecule has 2 aromatic heterocycles. The molecule has 1 aliphatic rings. The maximum atomic E-state index is 12.0. The van der Waals surface area contributed by atoms with Gasteiger partial charge >= 0.3 is 5.97 Å². The third kappa shape index (κ3) is 2.89. The molecule has 1 fully saturated rings. The molecule has 7 heteroatoms. The third-order valence-electron chi connectivity index (χ3n) is 3.92. The van der Waals surface area contributed by atoms with Crippen LogP contribution in [0.1, 0.15) is 24.3 Å². The molecule has 3 rings (SSSR count).